The van der Waals surface area contributed by atoms with E-state index in [9.17, 15) is 18.0 Å². The van der Waals surface area contributed by atoms with Crippen molar-refractivity contribution in [1.82, 2.24) is 4.31 Å². The molecular formula is C25H22Cl2N2O6S. The van der Waals surface area contributed by atoms with Crippen LogP contribution in [-0.2, 0) is 30.9 Å². The Kier molecular flexibility index (Phi) is 7.85. The first-order chi connectivity index (χ1) is 17.2. The van der Waals surface area contributed by atoms with E-state index in [1.807, 2.05) is 0 Å². The second-order valence-corrected chi connectivity index (χ2v) is 10.7. The van der Waals surface area contributed by atoms with E-state index in [0.717, 1.165) is 4.31 Å². The number of benzene rings is 3. The molecule has 0 radical (unpaired) electrons. The minimum absolute atomic E-state index is 0.0263. The molecule has 0 aromatic heterocycles. The van der Waals surface area contributed by atoms with Gasteiger partial charge in [-0.3, -0.25) is 4.79 Å². The van der Waals surface area contributed by atoms with E-state index in [2.05, 4.69) is 0 Å². The Morgan fingerprint density at radius 2 is 1.69 bits per heavy atom. The summed E-state index contributed by atoms with van der Waals surface area (Å²) in [7, 11) is -2.91. The van der Waals surface area contributed by atoms with Crippen LogP contribution in [0.3, 0.4) is 0 Å². The Morgan fingerprint density at radius 3 is 2.39 bits per heavy atom. The molecule has 4 rings (SSSR count). The Bertz CT molecular complexity index is 1380. The molecule has 0 bridgehead atoms. The molecule has 3 aromatic rings. The molecule has 11 heteroatoms. The van der Waals surface area contributed by atoms with Crippen molar-refractivity contribution in [3.8, 4) is 5.75 Å². The minimum atomic E-state index is -4.13. The SMILES string of the molecule is COC(=O)[C@H]1CN(C(=O)CN(Cc2ccccc2Cl)S(=O)(=O)c2ccc(Cl)cc2)c2ccccc2O1. The van der Waals surface area contributed by atoms with Crippen LogP contribution in [0.25, 0.3) is 0 Å². The van der Waals surface area contributed by atoms with Crippen molar-refractivity contribution < 1.29 is 27.5 Å². The molecule has 36 heavy (non-hydrogen) atoms. The molecule has 0 unspecified atom stereocenters. The van der Waals surface area contributed by atoms with Crippen LogP contribution in [0.2, 0.25) is 10.0 Å². The van der Waals surface area contributed by atoms with Crippen molar-refractivity contribution >= 4 is 50.8 Å². The monoisotopic (exact) mass is 548 g/mol. The summed E-state index contributed by atoms with van der Waals surface area (Å²) in [6, 6.07) is 19.2. The van der Waals surface area contributed by atoms with Gasteiger partial charge in [-0.1, -0.05) is 53.5 Å². The Morgan fingerprint density at radius 1 is 1.03 bits per heavy atom. The highest BCUT2D eigenvalue weighted by Crippen LogP contribution is 2.34. The zero-order chi connectivity index (χ0) is 25.9. The van der Waals surface area contributed by atoms with Gasteiger partial charge in [-0.15, -0.1) is 0 Å². The first-order valence-corrected chi connectivity index (χ1v) is 13.0. The average molecular weight is 549 g/mol. The number of sulfonamides is 1. The summed E-state index contributed by atoms with van der Waals surface area (Å²) in [4.78, 5) is 27.1. The second-order valence-electron chi connectivity index (χ2n) is 7.92. The molecule has 188 valence electrons. The van der Waals surface area contributed by atoms with Crippen LogP contribution in [-0.4, -0.2) is 50.9 Å². The lowest BCUT2D eigenvalue weighted by atomic mass is 10.2. The first-order valence-electron chi connectivity index (χ1n) is 10.8. The van der Waals surface area contributed by atoms with Crippen LogP contribution < -0.4 is 9.64 Å². The molecule has 1 aliphatic rings. The molecule has 1 atom stereocenters. The van der Waals surface area contributed by atoms with Gasteiger partial charge < -0.3 is 14.4 Å². The highest BCUT2D eigenvalue weighted by molar-refractivity contribution is 7.89. The van der Waals surface area contributed by atoms with E-state index < -0.39 is 34.5 Å². The van der Waals surface area contributed by atoms with Gasteiger partial charge in [0.25, 0.3) is 0 Å². The number of fused-ring (bicyclic) bond motifs is 1. The standard InChI is InChI=1S/C25H22Cl2N2O6S/c1-34-25(31)23-15-29(21-8-4-5-9-22(21)35-23)24(30)16-28(14-17-6-2-3-7-20(17)27)36(32,33)19-12-10-18(26)11-13-19/h2-13,23H,14-16H2,1H3/t23-/m1/s1. The lowest BCUT2D eigenvalue weighted by Crippen LogP contribution is -2.50. The quantitative estimate of drug-likeness (QED) is 0.411. The number of anilines is 1. The molecule has 0 fully saturated rings. The number of halogens is 2. The largest absolute Gasteiger partial charge is 0.475 e. The van der Waals surface area contributed by atoms with Crippen molar-refractivity contribution in [3.63, 3.8) is 0 Å². The summed E-state index contributed by atoms with van der Waals surface area (Å²) in [6.45, 7) is -0.801. The fourth-order valence-electron chi connectivity index (χ4n) is 3.76. The number of methoxy groups -OCH3 is 1. The number of rotatable bonds is 7. The first kappa shape index (κ1) is 26.0. The Hall–Kier alpha value is -3.11. The van der Waals surface area contributed by atoms with Crippen LogP contribution in [0, 0.1) is 0 Å². The molecular weight excluding hydrogens is 527 g/mol. The van der Waals surface area contributed by atoms with Crippen molar-refractivity contribution in [2.24, 2.45) is 0 Å². The maximum absolute atomic E-state index is 13.6. The smallest absolute Gasteiger partial charge is 0.348 e. The predicted molar refractivity (Wildman–Crippen MR) is 136 cm³/mol. The topological polar surface area (TPSA) is 93.2 Å². The number of carbonyl (C=O) groups is 2. The third-order valence-corrected chi connectivity index (χ3v) is 8.03. The number of amides is 1. The lowest BCUT2D eigenvalue weighted by Gasteiger charge is -2.34. The molecule has 1 amide bonds. The van der Waals surface area contributed by atoms with Crippen molar-refractivity contribution in [2.75, 3.05) is 25.1 Å². The van der Waals surface area contributed by atoms with E-state index >= 15 is 0 Å². The van der Waals surface area contributed by atoms with Gasteiger partial charge in [-0.25, -0.2) is 13.2 Å². The van der Waals surface area contributed by atoms with Gasteiger partial charge in [0.1, 0.15) is 5.75 Å². The van der Waals surface area contributed by atoms with Gasteiger partial charge in [0.05, 0.1) is 30.8 Å². The normalized spacial score (nSPS) is 15.2. The van der Waals surface area contributed by atoms with E-state index in [-0.39, 0.29) is 18.0 Å². The Labute approximate surface area is 219 Å². The number of esters is 1. The number of para-hydroxylation sites is 2. The number of hydrogen-bond donors (Lipinski definition) is 0. The minimum Gasteiger partial charge on any atom is -0.475 e. The summed E-state index contributed by atoms with van der Waals surface area (Å²) < 4.78 is 38.8. The maximum atomic E-state index is 13.6. The van der Waals surface area contributed by atoms with Crippen LogP contribution in [0.4, 0.5) is 5.69 Å². The predicted octanol–water partition coefficient (Wildman–Crippen LogP) is 4.15. The van der Waals surface area contributed by atoms with Crippen molar-refractivity contribution in [3.05, 3.63) is 88.4 Å². The van der Waals surface area contributed by atoms with Crippen LogP contribution >= 0.6 is 23.2 Å². The summed E-state index contributed by atoms with van der Waals surface area (Å²) in [5.74, 6) is -0.890. The summed E-state index contributed by atoms with van der Waals surface area (Å²) in [5, 5.41) is 0.741. The van der Waals surface area contributed by atoms with Gasteiger partial charge in [0, 0.05) is 16.6 Å². The third kappa shape index (κ3) is 5.49. The van der Waals surface area contributed by atoms with Crippen molar-refractivity contribution in [1.29, 1.82) is 0 Å². The second kappa shape index (κ2) is 10.9. The molecule has 1 heterocycles. The van der Waals surface area contributed by atoms with Gasteiger partial charge in [-0.2, -0.15) is 4.31 Å². The lowest BCUT2D eigenvalue weighted by molar-refractivity contribution is -0.148. The molecule has 0 aliphatic carbocycles. The number of ether oxygens (including phenoxy) is 2. The average Bonchev–Trinajstić information content (AvgIpc) is 2.88. The van der Waals surface area contributed by atoms with Crippen LogP contribution in [0.5, 0.6) is 5.75 Å². The van der Waals surface area contributed by atoms with E-state index in [1.54, 1.807) is 48.5 Å². The zero-order valence-corrected chi connectivity index (χ0v) is 21.5. The number of carbonyl (C=O) groups excluding carboxylic acids is 2. The molecule has 1 aliphatic heterocycles. The zero-order valence-electron chi connectivity index (χ0n) is 19.1. The molecule has 0 saturated heterocycles. The molecule has 8 nitrogen and oxygen atoms in total. The fraction of sp³-hybridized carbons (Fsp3) is 0.200. The highest BCUT2D eigenvalue weighted by Gasteiger charge is 2.36. The molecule has 0 saturated carbocycles. The highest BCUT2D eigenvalue weighted by atomic mass is 35.5. The molecule has 0 N–H and O–H groups in total. The third-order valence-electron chi connectivity index (χ3n) is 5.61. The van der Waals surface area contributed by atoms with Gasteiger partial charge in [0.2, 0.25) is 22.0 Å². The van der Waals surface area contributed by atoms with Crippen molar-refractivity contribution in [2.45, 2.75) is 17.5 Å². The summed E-state index contributed by atoms with van der Waals surface area (Å²) in [5.41, 5.74) is 0.948. The van der Waals surface area contributed by atoms with Crippen LogP contribution in [0.15, 0.2) is 77.7 Å². The van der Waals surface area contributed by atoms with Gasteiger partial charge >= 0.3 is 5.97 Å². The Balaban J connectivity index is 1.70. The molecule has 3 aromatic carbocycles. The van der Waals surface area contributed by atoms with Gasteiger partial charge in [0.15, 0.2) is 0 Å². The van der Waals surface area contributed by atoms with E-state index in [1.165, 1.54) is 36.3 Å². The summed E-state index contributed by atoms with van der Waals surface area (Å²) in [6.07, 6.45) is -1.06. The fourth-order valence-corrected chi connectivity index (χ4v) is 5.45. The molecule has 0 spiro atoms. The van der Waals surface area contributed by atoms with E-state index in [0.29, 0.717) is 27.0 Å². The number of hydrogen-bond acceptors (Lipinski definition) is 6. The maximum Gasteiger partial charge on any atom is 0.348 e. The van der Waals surface area contributed by atoms with E-state index in [4.69, 9.17) is 32.7 Å². The van der Waals surface area contributed by atoms with Crippen LogP contribution in [0.1, 0.15) is 5.56 Å². The van der Waals surface area contributed by atoms with Gasteiger partial charge in [-0.05, 0) is 48.0 Å². The summed E-state index contributed by atoms with van der Waals surface area (Å²) >= 11 is 12.2. The number of nitrogens with zero attached hydrogens (tertiary/aromatic N) is 2.